The standard InChI is InChI=1S/C17H15NO3/c19-14-5-1-3-12(16(14)20)8-9-13-7-6-11-4-2-10-18-15(11)17(13)21/h1-7,10,19-21H,8-9H2. The van der Waals surface area contributed by atoms with Crippen molar-refractivity contribution < 1.29 is 15.3 Å². The zero-order valence-corrected chi connectivity index (χ0v) is 11.3. The van der Waals surface area contributed by atoms with Crippen LogP contribution in [0.1, 0.15) is 11.1 Å². The number of para-hydroxylation sites is 1. The third-order valence-corrected chi connectivity index (χ3v) is 3.59. The summed E-state index contributed by atoms with van der Waals surface area (Å²) in [7, 11) is 0. The fraction of sp³-hybridized carbons (Fsp3) is 0.118. The number of phenolic OH excluding ortho intramolecular Hbond substituents is 3. The Balaban J connectivity index is 1.89. The van der Waals surface area contributed by atoms with Crippen molar-refractivity contribution >= 4 is 10.9 Å². The van der Waals surface area contributed by atoms with Gasteiger partial charge in [-0.15, -0.1) is 0 Å². The predicted molar refractivity (Wildman–Crippen MR) is 80.6 cm³/mol. The molecule has 0 spiro atoms. The number of nitrogens with zero attached hydrogens (tertiary/aromatic N) is 1. The van der Waals surface area contributed by atoms with E-state index < -0.39 is 0 Å². The van der Waals surface area contributed by atoms with Gasteiger partial charge in [-0.25, -0.2) is 0 Å². The quantitative estimate of drug-likeness (QED) is 0.645. The molecule has 21 heavy (non-hydrogen) atoms. The Kier molecular flexibility index (Phi) is 3.36. The number of hydrogen-bond acceptors (Lipinski definition) is 4. The highest BCUT2D eigenvalue weighted by Crippen LogP contribution is 2.31. The average molecular weight is 281 g/mol. The molecule has 0 atom stereocenters. The Bertz CT molecular complexity index is 799. The van der Waals surface area contributed by atoms with Crippen LogP contribution in [0.25, 0.3) is 10.9 Å². The van der Waals surface area contributed by atoms with Crippen molar-refractivity contribution in [2.24, 2.45) is 0 Å². The smallest absolute Gasteiger partial charge is 0.160 e. The van der Waals surface area contributed by atoms with E-state index in [1.165, 1.54) is 6.07 Å². The van der Waals surface area contributed by atoms with E-state index in [2.05, 4.69) is 4.98 Å². The second-order valence-corrected chi connectivity index (χ2v) is 4.93. The normalized spacial score (nSPS) is 10.9. The van der Waals surface area contributed by atoms with Crippen molar-refractivity contribution in [3.8, 4) is 17.2 Å². The highest BCUT2D eigenvalue weighted by Gasteiger charge is 2.10. The van der Waals surface area contributed by atoms with Crippen LogP contribution in [0.3, 0.4) is 0 Å². The van der Waals surface area contributed by atoms with E-state index in [-0.39, 0.29) is 17.2 Å². The molecule has 0 saturated heterocycles. The molecule has 2 aromatic carbocycles. The molecule has 0 amide bonds. The summed E-state index contributed by atoms with van der Waals surface area (Å²) < 4.78 is 0. The first-order valence-corrected chi connectivity index (χ1v) is 6.72. The summed E-state index contributed by atoms with van der Waals surface area (Å²) in [6.45, 7) is 0. The largest absolute Gasteiger partial charge is 0.505 e. The second-order valence-electron chi connectivity index (χ2n) is 4.93. The second kappa shape index (κ2) is 5.32. The Labute approximate surface area is 122 Å². The first-order chi connectivity index (χ1) is 10.2. The zero-order chi connectivity index (χ0) is 14.8. The van der Waals surface area contributed by atoms with E-state index in [4.69, 9.17) is 0 Å². The van der Waals surface area contributed by atoms with E-state index in [1.807, 2.05) is 24.3 Å². The molecule has 0 saturated carbocycles. The van der Waals surface area contributed by atoms with Gasteiger partial charge in [0, 0.05) is 11.6 Å². The lowest BCUT2D eigenvalue weighted by Crippen LogP contribution is -1.94. The van der Waals surface area contributed by atoms with E-state index in [9.17, 15) is 15.3 Å². The molecule has 106 valence electrons. The van der Waals surface area contributed by atoms with Gasteiger partial charge < -0.3 is 15.3 Å². The maximum atomic E-state index is 10.3. The molecule has 0 aliphatic carbocycles. The third-order valence-electron chi connectivity index (χ3n) is 3.59. The fourth-order valence-electron chi connectivity index (χ4n) is 2.42. The van der Waals surface area contributed by atoms with Crippen molar-refractivity contribution in [2.45, 2.75) is 12.8 Å². The van der Waals surface area contributed by atoms with Crippen molar-refractivity contribution in [1.82, 2.24) is 4.98 Å². The number of phenols is 3. The number of hydrogen-bond donors (Lipinski definition) is 3. The van der Waals surface area contributed by atoms with Gasteiger partial charge >= 0.3 is 0 Å². The summed E-state index contributed by atoms with van der Waals surface area (Å²) in [6, 6.07) is 12.4. The van der Waals surface area contributed by atoms with E-state index in [0.29, 0.717) is 23.9 Å². The molecule has 0 fully saturated rings. The van der Waals surface area contributed by atoms with Gasteiger partial charge in [-0.2, -0.15) is 0 Å². The Morgan fingerprint density at radius 3 is 2.33 bits per heavy atom. The lowest BCUT2D eigenvalue weighted by molar-refractivity contribution is 0.399. The molecule has 3 aromatic rings. The molecule has 3 rings (SSSR count). The van der Waals surface area contributed by atoms with Gasteiger partial charge in [0.15, 0.2) is 11.5 Å². The average Bonchev–Trinajstić information content (AvgIpc) is 2.51. The molecular weight excluding hydrogens is 266 g/mol. The van der Waals surface area contributed by atoms with Gasteiger partial charge in [0.2, 0.25) is 0 Å². The summed E-state index contributed by atoms with van der Waals surface area (Å²) in [5, 5.41) is 30.4. The number of aromatic hydroxyl groups is 3. The Morgan fingerprint density at radius 1 is 0.762 bits per heavy atom. The molecule has 4 nitrogen and oxygen atoms in total. The van der Waals surface area contributed by atoms with Crippen LogP contribution in [0.15, 0.2) is 48.7 Å². The van der Waals surface area contributed by atoms with Crippen LogP contribution in [0.4, 0.5) is 0 Å². The summed E-state index contributed by atoms with van der Waals surface area (Å²) in [5.74, 6) is -0.0550. The van der Waals surface area contributed by atoms with Crippen LogP contribution in [-0.2, 0) is 12.8 Å². The highest BCUT2D eigenvalue weighted by atomic mass is 16.3. The summed E-state index contributed by atoms with van der Waals surface area (Å²) >= 11 is 0. The molecule has 4 heteroatoms. The van der Waals surface area contributed by atoms with Crippen LogP contribution < -0.4 is 0 Å². The summed E-state index contributed by atoms with van der Waals surface area (Å²) in [6.07, 6.45) is 2.72. The molecule has 0 bridgehead atoms. The fourth-order valence-corrected chi connectivity index (χ4v) is 2.42. The topological polar surface area (TPSA) is 73.6 Å². The van der Waals surface area contributed by atoms with Gasteiger partial charge in [-0.3, -0.25) is 4.98 Å². The van der Waals surface area contributed by atoms with Crippen molar-refractivity contribution in [3.05, 3.63) is 59.8 Å². The number of rotatable bonds is 3. The summed E-state index contributed by atoms with van der Waals surface area (Å²) in [5.41, 5.74) is 1.99. The molecule has 1 aromatic heterocycles. The predicted octanol–water partition coefficient (Wildman–Crippen LogP) is 3.14. The van der Waals surface area contributed by atoms with E-state index in [0.717, 1.165) is 10.9 Å². The molecule has 3 N–H and O–H groups in total. The van der Waals surface area contributed by atoms with Gasteiger partial charge in [0.25, 0.3) is 0 Å². The van der Waals surface area contributed by atoms with E-state index in [1.54, 1.807) is 18.3 Å². The van der Waals surface area contributed by atoms with Crippen molar-refractivity contribution in [3.63, 3.8) is 0 Å². The van der Waals surface area contributed by atoms with Crippen LogP contribution in [-0.4, -0.2) is 20.3 Å². The Hall–Kier alpha value is -2.75. The molecule has 0 aliphatic rings. The van der Waals surface area contributed by atoms with Gasteiger partial charge in [-0.05, 0) is 36.1 Å². The zero-order valence-electron chi connectivity index (χ0n) is 11.3. The SMILES string of the molecule is Oc1cccc(CCc2ccc3cccnc3c2O)c1O. The number of pyridine rings is 1. The van der Waals surface area contributed by atoms with Crippen LogP contribution in [0.2, 0.25) is 0 Å². The minimum atomic E-state index is -0.128. The van der Waals surface area contributed by atoms with Gasteiger partial charge in [-0.1, -0.05) is 30.3 Å². The molecule has 0 unspecified atom stereocenters. The van der Waals surface area contributed by atoms with Gasteiger partial charge in [0.1, 0.15) is 11.3 Å². The minimum absolute atomic E-state index is 0.101. The first kappa shape index (κ1) is 13.2. The van der Waals surface area contributed by atoms with Crippen LogP contribution in [0.5, 0.6) is 17.2 Å². The van der Waals surface area contributed by atoms with Crippen LogP contribution >= 0.6 is 0 Å². The molecule has 0 radical (unpaired) electrons. The lowest BCUT2D eigenvalue weighted by Gasteiger charge is -2.09. The van der Waals surface area contributed by atoms with Crippen LogP contribution in [0, 0.1) is 0 Å². The van der Waals surface area contributed by atoms with Gasteiger partial charge in [0.05, 0.1) is 0 Å². The highest BCUT2D eigenvalue weighted by molar-refractivity contribution is 5.85. The number of fused-ring (bicyclic) bond motifs is 1. The number of aryl methyl sites for hydroxylation is 2. The summed E-state index contributed by atoms with van der Waals surface area (Å²) in [4.78, 5) is 4.19. The Morgan fingerprint density at radius 2 is 1.52 bits per heavy atom. The third kappa shape index (κ3) is 2.48. The minimum Gasteiger partial charge on any atom is -0.505 e. The number of aromatic nitrogens is 1. The van der Waals surface area contributed by atoms with E-state index >= 15 is 0 Å². The number of benzene rings is 2. The molecule has 0 aliphatic heterocycles. The monoisotopic (exact) mass is 281 g/mol. The first-order valence-electron chi connectivity index (χ1n) is 6.72. The maximum absolute atomic E-state index is 10.3. The lowest BCUT2D eigenvalue weighted by atomic mass is 10.0. The molecule has 1 heterocycles. The maximum Gasteiger partial charge on any atom is 0.160 e. The van der Waals surface area contributed by atoms with Crippen molar-refractivity contribution in [1.29, 1.82) is 0 Å². The van der Waals surface area contributed by atoms with Crippen molar-refractivity contribution in [2.75, 3.05) is 0 Å². The molecular formula is C17H15NO3.